The normalized spacial score (nSPS) is 11.5. The fourth-order valence-electron chi connectivity index (χ4n) is 2.16. The maximum atomic E-state index is 12.1. The molecular weight excluding hydrogens is 454 g/mol. The molecule has 0 saturated carbocycles. The minimum Gasteiger partial charge on any atom is -0.483 e. The highest BCUT2D eigenvalue weighted by atomic mass is 79.9. The Hall–Kier alpha value is -1.86. The molecule has 0 spiro atoms. The number of nitrogens with one attached hydrogen (secondary N) is 1. The minimum atomic E-state index is -0.767. The zero-order valence-electron chi connectivity index (χ0n) is 13.5. The van der Waals surface area contributed by atoms with Gasteiger partial charge in [0, 0.05) is 10.9 Å². The Morgan fingerprint density at radius 2 is 1.84 bits per heavy atom. The number of ether oxygens (including phenoxy) is 2. The number of carbonyl (C=O) groups is 2. The van der Waals surface area contributed by atoms with Crippen LogP contribution in [-0.2, 0) is 20.7 Å². The standard InChI is InChI=1S/C18H17Br2NO4/c1-24-18(23)15(9-12-5-3-2-4-6-12)21-17(22)11-25-16-8-7-13(19)10-14(16)20/h2-8,10,15H,9,11H2,1H3,(H,21,22). The van der Waals surface area contributed by atoms with E-state index in [0.717, 1.165) is 14.5 Å². The summed E-state index contributed by atoms with van der Waals surface area (Å²) in [5, 5.41) is 2.65. The summed E-state index contributed by atoms with van der Waals surface area (Å²) in [6.45, 7) is -0.206. The van der Waals surface area contributed by atoms with Crippen LogP contribution in [0.1, 0.15) is 5.56 Å². The van der Waals surface area contributed by atoms with Crippen LogP contribution in [0.3, 0.4) is 0 Å². The molecule has 0 aliphatic heterocycles. The third-order valence-electron chi connectivity index (χ3n) is 3.36. The van der Waals surface area contributed by atoms with Crippen LogP contribution < -0.4 is 10.1 Å². The van der Waals surface area contributed by atoms with Crippen molar-refractivity contribution in [1.29, 1.82) is 0 Å². The Morgan fingerprint density at radius 3 is 2.48 bits per heavy atom. The summed E-state index contributed by atoms with van der Waals surface area (Å²) in [6.07, 6.45) is 0.348. The van der Waals surface area contributed by atoms with Gasteiger partial charge in [0.25, 0.3) is 5.91 Å². The second-order valence-corrected chi connectivity index (χ2v) is 6.97. The first-order chi connectivity index (χ1) is 12.0. The van der Waals surface area contributed by atoms with E-state index in [0.29, 0.717) is 12.2 Å². The highest BCUT2D eigenvalue weighted by molar-refractivity contribution is 9.11. The van der Waals surface area contributed by atoms with Gasteiger partial charge in [-0.05, 0) is 39.7 Å². The lowest BCUT2D eigenvalue weighted by atomic mass is 10.1. The average molecular weight is 471 g/mol. The van der Waals surface area contributed by atoms with Gasteiger partial charge in [0.05, 0.1) is 11.6 Å². The Labute approximate surface area is 163 Å². The SMILES string of the molecule is COC(=O)C(Cc1ccccc1)NC(=O)COc1ccc(Br)cc1Br. The fourth-order valence-corrected chi connectivity index (χ4v) is 3.32. The molecule has 1 amide bonds. The van der Waals surface area contributed by atoms with Gasteiger partial charge in [-0.2, -0.15) is 0 Å². The summed E-state index contributed by atoms with van der Waals surface area (Å²) in [6, 6.07) is 14.0. The van der Waals surface area contributed by atoms with Crippen LogP contribution in [0, 0.1) is 0 Å². The lowest BCUT2D eigenvalue weighted by Crippen LogP contribution is -2.44. The van der Waals surface area contributed by atoms with Gasteiger partial charge < -0.3 is 14.8 Å². The quantitative estimate of drug-likeness (QED) is 0.629. The molecule has 0 radical (unpaired) electrons. The third-order valence-corrected chi connectivity index (χ3v) is 4.47. The van der Waals surface area contributed by atoms with Gasteiger partial charge in [0.15, 0.2) is 6.61 Å². The van der Waals surface area contributed by atoms with E-state index in [1.54, 1.807) is 6.07 Å². The van der Waals surface area contributed by atoms with Crippen molar-refractivity contribution in [2.45, 2.75) is 12.5 Å². The van der Waals surface area contributed by atoms with Gasteiger partial charge in [-0.25, -0.2) is 4.79 Å². The summed E-state index contributed by atoms with van der Waals surface area (Å²) in [4.78, 5) is 24.1. The molecule has 2 aromatic carbocycles. The minimum absolute atomic E-state index is 0.206. The van der Waals surface area contributed by atoms with Crippen LogP contribution in [-0.4, -0.2) is 31.6 Å². The summed E-state index contributed by atoms with van der Waals surface area (Å²) < 4.78 is 11.9. The van der Waals surface area contributed by atoms with Crippen LogP contribution in [0.15, 0.2) is 57.5 Å². The van der Waals surface area contributed by atoms with Crippen molar-refractivity contribution >= 4 is 43.7 Å². The van der Waals surface area contributed by atoms with E-state index in [-0.39, 0.29) is 6.61 Å². The first-order valence-electron chi connectivity index (χ1n) is 7.48. The molecule has 25 heavy (non-hydrogen) atoms. The number of esters is 1. The lowest BCUT2D eigenvalue weighted by molar-refractivity contribution is -0.145. The maximum absolute atomic E-state index is 12.1. The molecule has 0 aliphatic carbocycles. The maximum Gasteiger partial charge on any atom is 0.328 e. The van der Waals surface area contributed by atoms with Crippen molar-refractivity contribution in [2.24, 2.45) is 0 Å². The Balaban J connectivity index is 1.95. The molecule has 2 aromatic rings. The first kappa shape index (κ1) is 19.5. The number of benzene rings is 2. The predicted octanol–water partition coefficient (Wildman–Crippen LogP) is 3.49. The first-order valence-corrected chi connectivity index (χ1v) is 9.07. The number of halogens is 2. The fraction of sp³-hybridized carbons (Fsp3) is 0.222. The van der Waals surface area contributed by atoms with Crippen molar-refractivity contribution in [1.82, 2.24) is 5.32 Å². The summed E-state index contributed by atoms with van der Waals surface area (Å²) in [7, 11) is 1.29. The molecule has 0 fully saturated rings. The van der Waals surface area contributed by atoms with Gasteiger partial charge in [-0.3, -0.25) is 4.79 Å². The van der Waals surface area contributed by atoms with Crippen LogP contribution in [0.5, 0.6) is 5.75 Å². The van der Waals surface area contributed by atoms with E-state index < -0.39 is 17.9 Å². The smallest absolute Gasteiger partial charge is 0.328 e. The Kier molecular flexibility index (Phi) is 7.46. The molecule has 0 bridgehead atoms. The van der Waals surface area contributed by atoms with Crippen LogP contribution in [0.4, 0.5) is 0 Å². The Morgan fingerprint density at radius 1 is 1.12 bits per heavy atom. The molecule has 0 saturated heterocycles. The topological polar surface area (TPSA) is 64.6 Å². The molecule has 1 N–H and O–H groups in total. The van der Waals surface area contributed by atoms with Crippen molar-refractivity contribution in [3.63, 3.8) is 0 Å². The van der Waals surface area contributed by atoms with Gasteiger partial charge in [-0.15, -0.1) is 0 Å². The van der Waals surface area contributed by atoms with E-state index in [9.17, 15) is 9.59 Å². The third kappa shape index (κ3) is 6.17. The van der Waals surface area contributed by atoms with Gasteiger partial charge in [0.1, 0.15) is 11.8 Å². The van der Waals surface area contributed by atoms with Crippen LogP contribution in [0.25, 0.3) is 0 Å². The number of amides is 1. The summed E-state index contributed by atoms with van der Waals surface area (Å²) in [5.74, 6) is -0.362. The second kappa shape index (κ2) is 9.58. The van der Waals surface area contributed by atoms with E-state index in [1.165, 1.54) is 7.11 Å². The van der Waals surface area contributed by atoms with Gasteiger partial charge >= 0.3 is 5.97 Å². The zero-order valence-corrected chi connectivity index (χ0v) is 16.7. The number of hydrogen-bond donors (Lipinski definition) is 1. The summed E-state index contributed by atoms with van der Waals surface area (Å²) >= 11 is 6.71. The van der Waals surface area contributed by atoms with Crippen molar-refractivity contribution in [3.05, 3.63) is 63.0 Å². The van der Waals surface area contributed by atoms with Crippen molar-refractivity contribution < 1.29 is 19.1 Å². The molecule has 0 aliphatic rings. The van der Waals surface area contributed by atoms with E-state index >= 15 is 0 Å². The molecular formula is C18H17Br2NO4. The molecule has 5 nitrogen and oxygen atoms in total. The van der Waals surface area contributed by atoms with Gasteiger partial charge in [-0.1, -0.05) is 46.3 Å². The predicted molar refractivity (Wildman–Crippen MR) is 101 cm³/mol. The molecule has 132 valence electrons. The average Bonchev–Trinajstić information content (AvgIpc) is 2.60. The highest BCUT2D eigenvalue weighted by Crippen LogP contribution is 2.28. The monoisotopic (exact) mass is 469 g/mol. The number of methoxy groups -OCH3 is 1. The zero-order chi connectivity index (χ0) is 18.2. The molecule has 1 unspecified atom stereocenters. The second-order valence-electron chi connectivity index (χ2n) is 5.20. The molecule has 7 heteroatoms. The lowest BCUT2D eigenvalue weighted by Gasteiger charge is -2.17. The van der Waals surface area contributed by atoms with E-state index in [2.05, 4.69) is 37.2 Å². The molecule has 2 rings (SSSR count). The van der Waals surface area contributed by atoms with Crippen molar-refractivity contribution in [2.75, 3.05) is 13.7 Å². The molecule has 0 heterocycles. The van der Waals surface area contributed by atoms with Crippen LogP contribution >= 0.6 is 31.9 Å². The molecule has 1 atom stereocenters. The van der Waals surface area contributed by atoms with E-state index in [4.69, 9.17) is 9.47 Å². The highest BCUT2D eigenvalue weighted by Gasteiger charge is 2.22. The van der Waals surface area contributed by atoms with Gasteiger partial charge in [0.2, 0.25) is 0 Å². The molecule has 0 aromatic heterocycles. The number of hydrogen-bond acceptors (Lipinski definition) is 4. The number of rotatable bonds is 7. The van der Waals surface area contributed by atoms with Crippen molar-refractivity contribution in [3.8, 4) is 5.75 Å². The largest absolute Gasteiger partial charge is 0.483 e. The van der Waals surface area contributed by atoms with E-state index in [1.807, 2.05) is 42.5 Å². The Bertz CT molecular complexity index is 737. The number of carbonyl (C=O) groups excluding carboxylic acids is 2. The summed E-state index contributed by atoms with van der Waals surface area (Å²) in [5.41, 5.74) is 0.926. The van der Waals surface area contributed by atoms with Crippen LogP contribution in [0.2, 0.25) is 0 Å².